The molecule has 0 amide bonds. The molecule has 9 aliphatic heterocycles. The lowest BCUT2D eigenvalue weighted by Gasteiger charge is -2.37. The van der Waals surface area contributed by atoms with Crippen LogP contribution in [0, 0.1) is 0 Å². The van der Waals surface area contributed by atoms with Crippen LogP contribution in [0.5, 0.6) is 23.0 Å². The van der Waals surface area contributed by atoms with Gasteiger partial charge in [-0.2, -0.15) is 10.2 Å². The summed E-state index contributed by atoms with van der Waals surface area (Å²) >= 11 is 0. The van der Waals surface area contributed by atoms with E-state index >= 15 is 0 Å². The molecule has 26 heteroatoms. The Morgan fingerprint density at radius 1 is 0.361 bits per heavy atom. The van der Waals surface area contributed by atoms with E-state index in [2.05, 4.69) is 169 Å². The minimum Gasteiger partial charge on any atom is -0.490 e. The number of pyridine rings is 4. The molecule has 4 aromatic carbocycles. The van der Waals surface area contributed by atoms with Crippen LogP contribution in [-0.2, 0) is 37.0 Å². The van der Waals surface area contributed by atoms with Gasteiger partial charge in [0.15, 0.2) is 0 Å². The summed E-state index contributed by atoms with van der Waals surface area (Å²) in [5.41, 5.74) is 18.3. The predicted octanol–water partition coefficient (Wildman–Crippen LogP) is 14.3. The van der Waals surface area contributed by atoms with Gasteiger partial charge in [-0.1, -0.05) is 24.3 Å². The van der Waals surface area contributed by atoms with E-state index in [9.17, 15) is 13.0 Å². The number of benzene rings is 4. The predicted molar refractivity (Wildman–Crippen MR) is 459 cm³/mol. The molecule has 4 aliphatic carbocycles. The van der Waals surface area contributed by atoms with E-state index in [-0.39, 0.29) is 19.1 Å². The van der Waals surface area contributed by atoms with Crippen molar-refractivity contribution in [1.82, 2.24) is 49.4 Å². The standard InChI is InChI=1S/C25H28F2N4O.C24H25N5O.C23H24N6O.C21H23N3O2S/c26-22-14-31(15-23(22)27)18-6-9-30(10-7-18)24-11-16(5-8-28-24)25-21-12-20(32-19-3-4-19)2-1-17(21)13-29-25;1-9-27-29(11-1)19-7-12-28(13-8-19)23-14-17(6-10-25-23)24-22-15-21(30-20-4-5-20)3-2-18(22)16-26-24;1-2-20(30-19-3-4-19)12-21-17(1)13-26-23(21)16-5-8-25-22(11-16)28-9-6-18(7-10-28)29-15-24-14-27-29;25-27-10-1-8-24(9-11-27)20-12-15(6-7-22-20)21-19-13-18(26-17-4-5-17)3-2-16(19)14-23-21/h1-2,5,8,11-12,18-19,22-23H,3-4,6-7,9-10,13-15H2;1-3,6,9-11,14-15,19-20H,4-5,7-8,12-13,16H2;1-2,5,8,11-12,14-15,18-19H,3-4,6-7,9-10,13H2;2-3,6-7,12-13,17H,1,4-5,8-11,14H2/t22-,23-;;;/m0.../s1. The van der Waals surface area contributed by atoms with Gasteiger partial charge in [-0.05, 0) is 222 Å². The molecule has 5 saturated heterocycles. The van der Waals surface area contributed by atoms with Crippen molar-refractivity contribution in [3.05, 3.63) is 244 Å². The van der Waals surface area contributed by atoms with E-state index in [0.717, 1.165) is 245 Å². The molecule has 0 N–H and O–H groups in total. The van der Waals surface area contributed by atoms with Crippen molar-refractivity contribution in [2.75, 3.05) is 96.6 Å². The molecule has 10 aromatic rings. The maximum Gasteiger partial charge on any atom is 0.145 e. The van der Waals surface area contributed by atoms with Gasteiger partial charge >= 0.3 is 0 Å². The number of hydrogen-bond donors (Lipinski definition) is 0. The Bertz CT molecular complexity index is 5270. The van der Waals surface area contributed by atoms with E-state index < -0.39 is 23.1 Å². The Kier molecular flexibility index (Phi) is 22.1. The van der Waals surface area contributed by atoms with Crippen LogP contribution in [0.1, 0.15) is 175 Å². The number of halogens is 2. The van der Waals surface area contributed by atoms with Gasteiger partial charge in [0.2, 0.25) is 0 Å². The summed E-state index contributed by atoms with van der Waals surface area (Å²) in [6, 6.07) is 45.4. The van der Waals surface area contributed by atoms with E-state index in [1.54, 1.807) is 6.33 Å². The number of hydrogen-bond acceptors (Lipinski definition) is 21. The number of likely N-dealkylation sites (tertiary alicyclic amines) is 1. The average molecular weight is 1620 g/mol. The van der Waals surface area contributed by atoms with Crippen molar-refractivity contribution in [2.45, 2.75) is 177 Å². The molecule has 13 aliphatic rings. The molecular weight excluding hydrogens is 1520 g/mol. The van der Waals surface area contributed by atoms with E-state index in [1.165, 1.54) is 64.6 Å². The molecule has 23 nitrogen and oxygen atoms in total. The van der Waals surface area contributed by atoms with Crippen molar-refractivity contribution in [3.63, 3.8) is 0 Å². The Labute approximate surface area is 695 Å². The van der Waals surface area contributed by atoms with Crippen LogP contribution in [0.25, 0.3) is 0 Å². The summed E-state index contributed by atoms with van der Waals surface area (Å²) in [5.74, 6) is 9.23. The highest BCUT2D eigenvalue weighted by molar-refractivity contribution is 7.85. The summed E-state index contributed by atoms with van der Waals surface area (Å²) in [5, 5.41) is 8.71. The Morgan fingerprint density at radius 2 is 0.714 bits per heavy atom. The molecule has 0 radical (unpaired) electrons. The summed E-state index contributed by atoms with van der Waals surface area (Å²) < 4.78 is 67.1. The quantitative estimate of drug-likeness (QED) is 0.0734. The molecule has 1 unspecified atom stereocenters. The second-order valence-electron chi connectivity index (χ2n) is 33.5. The summed E-state index contributed by atoms with van der Waals surface area (Å²) in [4.78, 5) is 53.1. The molecule has 119 heavy (non-hydrogen) atoms. The highest BCUT2D eigenvalue weighted by Crippen LogP contribution is 2.39. The smallest absolute Gasteiger partial charge is 0.145 e. The van der Waals surface area contributed by atoms with Gasteiger partial charge in [-0.15, -0.1) is 0 Å². The second kappa shape index (κ2) is 34.3. The summed E-state index contributed by atoms with van der Waals surface area (Å²) in [6.45, 7) is 10.6. The second-order valence-corrected chi connectivity index (χ2v) is 35.2. The molecular formula is C93H100F2N18O5S. The van der Waals surface area contributed by atoms with E-state index in [4.69, 9.17) is 38.9 Å². The molecule has 4 saturated carbocycles. The molecule has 15 heterocycles. The largest absolute Gasteiger partial charge is 0.490 e. The average Bonchev–Trinajstić information content (AvgIpc) is 1.78. The summed E-state index contributed by atoms with van der Waals surface area (Å²) in [6.07, 6.45) is 30.0. The van der Waals surface area contributed by atoms with Gasteiger partial charge in [0.05, 0.1) is 85.5 Å². The lowest BCUT2D eigenvalue weighted by atomic mass is 10.00. The van der Waals surface area contributed by atoms with Gasteiger partial charge in [0, 0.05) is 175 Å². The first-order valence-electron chi connectivity index (χ1n) is 43.0. The van der Waals surface area contributed by atoms with Crippen LogP contribution in [0.2, 0.25) is 0 Å². The minimum atomic E-state index is -1.34. The zero-order valence-corrected chi connectivity index (χ0v) is 67.9. The van der Waals surface area contributed by atoms with Crippen LogP contribution < -0.4 is 38.5 Å². The molecule has 3 atom stereocenters. The first-order valence-corrected chi connectivity index (χ1v) is 44.5. The van der Waals surface area contributed by atoms with Crippen LogP contribution in [-0.4, -0.2) is 196 Å². The Balaban J connectivity index is 0.000000102. The number of anilines is 4. The monoisotopic (exact) mass is 1620 g/mol. The maximum absolute atomic E-state index is 13.6. The van der Waals surface area contributed by atoms with Crippen LogP contribution in [0.4, 0.5) is 32.1 Å². The molecule has 23 rings (SSSR count). The highest BCUT2D eigenvalue weighted by Gasteiger charge is 2.39. The van der Waals surface area contributed by atoms with Crippen LogP contribution >= 0.6 is 0 Å². The van der Waals surface area contributed by atoms with Crippen molar-refractivity contribution >= 4 is 56.9 Å². The number of ether oxygens (including phenoxy) is 4. The minimum absolute atomic E-state index is 0.227. The Morgan fingerprint density at radius 3 is 1.05 bits per heavy atom. The van der Waals surface area contributed by atoms with Gasteiger partial charge in [-0.25, -0.2) is 38.4 Å². The normalized spacial score (nSPS) is 21.6. The lowest BCUT2D eigenvalue weighted by molar-refractivity contribution is 0.190. The fraction of sp³-hybridized carbons (Fsp3) is 0.430. The number of fused-ring (bicyclic) bond motifs is 4. The van der Waals surface area contributed by atoms with Gasteiger partial charge < -0.3 is 38.5 Å². The third-order valence-corrected chi connectivity index (χ3v) is 26.3. The van der Waals surface area contributed by atoms with Crippen molar-refractivity contribution in [2.24, 2.45) is 20.0 Å². The van der Waals surface area contributed by atoms with Crippen molar-refractivity contribution in [1.29, 1.82) is 0 Å². The number of nitrogens with zero attached hydrogens (tertiary/aromatic N) is 18. The lowest BCUT2D eigenvalue weighted by Crippen LogP contribution is -2.44. The number of alkyl halides is 2. The molecule has 612 valence electrons. The first-order chi connectivity index (χ1) is 58.6. The van der Waals surface area contributed by atoms with Crippen molar-refractivity contribution < 1.29 is 31.9 Å². The molecule has 0 bridgehead atoms. The number of aromatic nitrogens is 9. The molecule has 0 spiro atoms. The topological polar surface area (TPSA) is 220 Å². The van der Waals surface area contributed by atoms with Crippen molar-refractivity contribution in [3.8, 4) is 23.0 Å². The summed E-state index contributed by atoms with van der Waals surface area (Å²) in [7, 11) is -0.699. The number of rotatable bonds is 19. The highest BCUT2D eigenvalue weighted by atomic mass is 32.2. The maximum atomic E-state index is 13.6. The first kappa shape index (κ1) is 76.6. The van der Waals surface area contributed by atoms with Gasteiger partial charge in [0.1, 0.15) is 71.3 Å². The van der Waals surface area contributed by atoms with Gasteiger partial charge in [-0.3, -0.25) is 33.8 Å². The van der Waals surface area contributed by atoms with E-state index in [0.29, 0.717) is 49.6 Å². The van der Waals surface area contributed by atoms with Crippen LogP contribution in [0.15, 0.2) is 197 Å². The third kappa shape index (κ3) is 18.0. The fourth-order valence-electron chi connectivity index (χ4n) is 17.6. The zero-order chi connectivity index (χ0) is 79.7. The fourth-order valence-corrected chi connectivity index (χ4v) is 18.7. The Hall–Kier alpha value is -11.1. The van der Waals surface area contributed by atoms with Gasteiger partial charge in [0.25, 0.3) is 0 Å². The number of piperidine rings is 3. The molecule has 9 fully saturated rings. The SMILES string of the molecule is F[C@H]1CN(C2CCN(c3cc(C4=NCc5ccc(OC6CC6)cc54)ccn3)CC2)C[C@@H]1F.O=S1CCCN(c2cc(C3=NCc4ccc(OC5CC5)cc43)ccn2)CC1.c1cc(C2=NCc3ccc(OC4CC4)cc32)cc(N2CCC(n3cncn3)CC2)n1.c1cnn(C2CCN(c3cc(C4=NCc5ccc(OC6CC6)cc54)ccn3)CC2)c1. The van der Waals surface area contributed by atoms with E-state index in [1.807, 2.05) is 71.2 Å². The third-order valence-electron chi connectivity index (χ3n) is 24.9. The molecule has 6 aromatic heterocycles. The number of aliphatic imine (C=N–C) groups is 4. The van der Waals surface area contributed by atoms with Crippen LogP contribution in [0.3, 0.4) is 0 Å². The zero-order valence-electron chi connectivity index (χ0n) is 67.1.